The van der Waals surface area contributed by atoms with Crippen LogP contribution in [0.1, 0.15) is 18.4 Å². The van der Waals surface area contributed by atoms with Crippen LogP contribution in [0.4, 0.5) is 0 Å². The van der Waals surface area contributed by atoms with Gasteiger partial charge in [-0.3, -0.25) is 4.98 Å². The van der Waals surface area contributed by atoms with Crippen LogP contribution in [0.15, 0.2) is 30.6 Å². The zero-order chi connectivity index (χ0) is 9.10. The first kappa shape index (κ1) is 8.30. The van der Waals surface area contributed by atoms with Crippen LogP contribution in [0, 0.1) is 5.92 Å². The Morgan fingerprint density at radius 1 is 1.38 bits per heavy atom. The van der Waals surface area contributed by atoms with E-state index in [9.17, 15) is 5.11 Å². The van der Waals surface area contributed by atoms with Crippen LogP contribution in [0.3, 0.4) is 0 Å². The van der Waals surface area contributed by atoms with E-state index in [0.29, 0.717) is 11.7 Å². The van der Waals surface area contributed by atoms with Crippen LogP contribution in [0.5, 0.6) is 5.75 Å². The molecule has 0 saturated carbocycles. The third kappa shape index (κ3) is 1.89. The van der Waals surface area contributed by atoms with E-state index in [1.807, 2.05) is 6.07 Å². The number of nitrogens with zero attached hydrogens (tertiary/aromatic N) is 1. The Balaban J connectivity index is 2.05. The van der Waals surface area contributed by atoms with Gasteiger partial charge in [-0.2, -0.15) is 0 Å². The Morgan fingerprint density at radius 2 is 2.15 bits per heavy atom. The predicted molar refractivity (Wildman–Crippen MR) is 51.5 cm³/mol. The van der Waals surface area contributed by atoms with Crippen molar-refractivity contribution in [3.8, 4) is 5.75 Å². The highest BCUT2D eigenvalue weighted by atomic mass is 16.3. The quantitative estimate of drug-likeness (QED) is 0.699. The van der Waals surface area contributed by atoms with Crippen LogP contribution < -0.4 is 0 Å². The van der Waals surface area contributed by atoms with E-state index in [2.05, 4.69) is 17.1 Å². The van der Waals surface area contributed by atoms with E-state index < -0.39 is 0 Å². The highest BCUT2D eigenvalue weighted by Crippen LogP contribution is 2.25. The summed E-state index contributed by atoms with van der Waals surface area (Å²) in [5, 5.41) is 9.49. The van der Waals surface area contributed by atoms with E-state index in [1.54, 1.807) is 6.20 Å². The molecule has 1 N–H and O–H groups in total. The maximum atomic E-state index is 9.49. The Morgan fingerprint density at radius 3 is 2.85 bits per heavy atom. The molecule has 0 unspecified atom stereocenters. The zero-order valence-corrected chi connectivity index (χ0v) is 7.48. The minimum absolute atomic E-state index is 0.328. The maximum absolute atomic E-state index is 9.49. The number of rotatable bonds is 2. The molecule has 68 valence electrons. The molecule has 2 nitrogen and oxygen atoms in total. The summed E-state index contributed by atoms with van der Waals surface area (Å²) in [6.07, 6.45) is 10.9. The third-order valence-corrected chi connectivity index (χ3v) is 2.50. The van der Waals surface area contributed by atoms with E-state index in [1.165, 1.54) is 6.20 Å². The molecular weight excluding hydrogens is 162 g/mol. The Labute approximate surface area is 77.9 Å². The summed E-state index contributed by atoms with van der Waals surface area (Å²) in [6.45, 7) is 0. The summed E-state index contributed by atoms with van der Waals surface area (Å²) < 4.78 is 0. The fourth-order valence-electron chi connectivity index (χ4n) is 1.74. The highest BCUT2D eigenvalue weighted by Gasteiger charge is 2.12. The summed E-state index contributed by atoms with van der Waals surface area (Å²) in [5.41, 5.74) is 1.02. The summed E-state index contributed by atoms with van der Waals surface area (Å²) in [5.74, 6) is 1.00. The summed E-state index contributed by atoms with van der Waals surface area (Å²) in [6, 6.07) is 1.90. The van der Waals surface area contributed by atoms with E-state index in [4.69, 9.17) is 0 Å². The molecule has 0 aromatic carbocycles. The van der Waals surface area contributed by atoms with Gasteiger partial charge < -0.3 is 5.11 Å². The van der Waals surface area contributed by atoms with Crippen LogP contribution in [-0.2, 0) is 6.42 Å². The fourth-order valence-corrected chi connectivity index (χ4v) is 1.74. The zero-order valence-electron chi connectivity index (χ0n) is 7.48. The predicted octanol–water partition coefficient (Wildman–Crippen LogP) is 2.30. The van der Waals surface area contributed by atoms with E-state index in [-0.39, 0.29) is 0 Å². The maximum Gasteiger partial charge on any atom is 0.137 e. The molecule has 0 amide bonds. The van der Waals surface area contributed by atoms with Gasteiger partial charge in [0.2, 0.25) is 0 Å². The molecule has 0 spiro atoms. The van der Waals surface area contributed by atoms with Gasteiger partial charge >= 0.3 is 0 Å². The van der Waals surface area contributed by atoms with E-state index in [0.717, 1.165) is 24.8 Å². The van der Waals surface area contributed by atoms with Gasteiger partial charge in [0.1, 0.15) is 5.75 Å². The molecule has 0 atom stereocenters. The number of hydrogen-bond donors (Lipinski definition) is 1. The van der Waals surface area contributed by atoms with Crippen molar-refractivity contribution in [1.82, 2.24) is 4.98 Å². The van der Waals surface area contributed by atoms with Crippen molar-refractivity contribution in [2.45, 2.75) is 19.3 Å². The van der Waals surface area contributed by atoms with Crippen molar-refractivity contribution in [3.63, 3.8) is 0 Å². The summed E-state index contributed by atoms with van der Waals surface area (Å²) >= 11 is 0. The van der Waals surface area contributed by atoms with Gasteiger partial charge in [-0.1, -0.05) is 12.2 Å². The number of allylic oxidation sites excluding steroid dienone is 2. The first-order chi connectivity index (χ1) is 6.36. The molecule has 2 heteroatoms. The van der Waals surface area contributed by atoms with Crippen LogP contribution in [0.25, 0.3) is 0 Å². The molecule has 0 radical (unpaired) electrons. The van der Waals surface area contributed by atoms with Gasteiger partial charge in [0, 0.05) is 6.20 Å². The molecule has 0 bridgehead atoms. The number of pyridine rings is 1. The molecule has 1 aliphatic rings. The van der Waals surface area contributed by atoms with Gasteiger partial charge in [-0.15, -0.1) is 0 Å². The normalized spacial score (nSPS) is 16.6. The Bertz CT molecular complexity index is 312. The fraction of sp³-hybridized carbons (Fsp3) is 0.364. The minimum atomic E-state index is 0.328. The van der Waals surface area contributed by atoms with Crippen LogP contribution in [0.2, 0.25) is 0 Å². The second kappa shape index (κ2) is 3.60. The van der Waals surface area contributed by atoms with Crippen molar-refractivity contribution in [2.75, 3.05) is 0 Å². The van der Waals surface area contributed by atoms with Gasteiger partial charge in [-0.05, 0) is 36.8 Å². The molecule has 13 heavy (non-hydrogen) atoms. The SMILES string of the molecule is Oc1cnccc1CC1CC=CC1. The van der Waals surface area contributed by atoms with Gasteiger partial charge in [0.15, 0.2) is 0 Å². The first-order valence-corrected chi connectivity index (χ1v) is 4.63. The molecule has 1 heterocycles. The lowest BCUT2D eigenvalue weighted by atomic mass is 9.98. The van der Waals surface area contributed by atoms with Gasteiger partial charge in [0.25, 0.3) is 0 Å². The molecule has 1 aromatic heterocycles. The first-order valence-electron chi connectivity index (χ1n) is 4.63. The van der Waals surface area contributed by atoms with Crippen molar-refractivity contribution < 1.29 is 5.11 Å². The van der Waals surface area contributed by atoms with Crippen molar-refractivity contribution in [1.29, 1.82) is 0 Å². The largest absolute Gasteiger partial charge is 0.506 e. The average Bonchev–Trinajstić information content (AvgIpc) is 2.61. The standard InChI is InChI=1S/C11H13NO/c13-11-8-12-6-5-10(11)7-9-3-1-2-4-9/h1-2,5-6,8-9,13H,3-4,7H2. The lowest BCUT2D eigenvalue weighted by Gasteiger charge is -2.09. The van der Waals surface area contributed by atoms with E-state index >= 15 is 0 Å². The third-order valence-electron chi connectivity index (χ3n) is 2.50. The van der Waals surface area contributed by atoms with Crippen molar-refractivity contribution in [2.24, 2.45) is 5.92 Å². The second-order valence-electron chi connectivity index (χ2n) is 3.52. The highest BCUT2D eigenvalue weighted by molar-refractivity contribution is 5.28. The van der Waals surface area contributed by atoms with Crippen LogP contribution >= 0.6 is 0 Å². The number of hydrogen-bond acceptors (Lipinski definition) is 2. The average molecular weight is 175 g/mol. The Kier molecular flexibility index (Phi) is 2.30. The summed E-state index contributed by atoms with van der Waals surface area (Å²) in [7, 11) is 0. The molecule has 0 aliphatic heterocycles. The van der Waals surface area contributed by atoms with Crippen molar-refractivity contribution in [3.05, 3.63) is 36.2 Å². The molecule has 1 aliphatic carbocycles. The minimum Gasteiger partial charge on any atom is -0.506 e. The smallest absolute Gasteiger partial charge is 0.137 e. The molecule has 2 rings (SSSR count). The molecule has 0 fully saturated rings. The molecule has 0 saturated heterocycles. The van der Waals surface area contributed by atoms with Gasteiger partial charge in [-0.25, -0.2) is 0 Å². The molecular formula is C11H13NO. The van der Waals surface area contributed by atoms with Gasteiger partial charge in [0.05, 0.1) is 6.20 Å². The summed E-state index contributed by atoms with van der Waals surface area (Å²) in [4.78, 5) is 3.85. The lowest BCUT2D eigenvalue weighted by molar-refractivity contribution is 0.455. The molecule has 1 aromatic rings. The van der Waals surface area contributed by atoms with Crippen LogP contribution in [-0.4, -0.2) is 10.1 Å². The second-order valence-corrected chi connectivity index (χ2v) is 3.52. The lowest BCUT2D eigenvalue weighted by Crippen LogP contribution is -1.99. The van der Waals surface area contributed by atoms with Crippen molar-refractivity contribution >= 4 is 0 Å². The monoisotopic (exact) mass is 175 g/mol. The number of aromatic hydroxyl groups is 1. The Hall–Kier alpha value is -1.31. The number of aromatic nitrogens is 1. The topological polar surface area (TPSA) is 33.1 Å².